The molecule has 1 rings (SSSR count). The first-order valence-electron chi connectivity index (χ1n) is 24.1. The summed E-state index contributed by atoms with van der Waals surface area (Å²) in [6, 6.07) is 0. The van der Waals surface area contributed by atoms with Gasteiger partial charge in [-0.25, -0.2) is 0 Å². The van der Waals surface area contributed by atoms with Crippen molar-refractivity contribution in [2.75, 3.05) is 52.7 Å². The van der Waals surface area contributed by atoms with Crippen LogP contribution in [-0.4, -0.2) is 86.2 Å². The van der Waals surface area contributed by atoms with Gasteiger partial charge in [-0.1, -0.05) is 162 Å². The molecule has 1 atom stereocenters. The predicted octanol–water partition coefficient (Wildman–Crippen LogP) is 11.7. The fourth-order valence-corrected chi connectivity index (χ4v) is 7.53. The van der Waals surface area contributed by atoms with Gasteiger partial charge in [0, 0.05) is 44.8 Å². The topological polar surface area (TPSA) is 102 Å². The number of unbranched alkanes of at least 4 members (excludes halogenated alkanes) is 22. The zero-order valence-electron chi connectivity index (χ0n) is 37.4. The summed E-state index contributed by atoms with van der Waals surface area (Å²) in [5, 5.41) is 0. The largest absolute Gasteiger partial charge is 0.465 e. The van der Waals surface area contributed by atoms with Crippen molar-refractivity contribution in [3.63, 3.8) is 0 Å². The Labute approximate surface area is 350 Å². The third-order valence-electron chi connectivity index (χ3n) is 11.3. The highest BCUT2D eigenvalue weighted by Gasteiger charge is 2.22. The van der Waals surface area contributed by atoms with Crippen molar-refractivity contribution in [3.05, 3.63) is 12.2 Å². The van der Waals surface area contributed by atoms with Crippen LogP contribution in [0.5, 0.6) is 0 Å². The number of amides is 3. The van der Waals surface area contributed by atoms with Gasteiger partial charge in [0.15, 0.2) is 0 Å². The van der Waals surface area contributed by atoms with E-state index in [9.17, 15) is 19.2 Å². The number of imide groups is 1. The van der Waals surface area contributed by atoms with Crippen LogP contribution in [0.1, 0.15) is 213 Å². The molecule has 0 spiro atoms. The van der Waals surface area contributed by atoms with E-state index in [1.807, 2.05) is 4.90 Å². The number of rotatable bonds is 43. The Kier molecular flexibility index (Phi) is 36.3. The first kappa shape index (κ1) is 52.8. The van der Waals surface area contributed by atoms with Crippen molar-refractivity contribution in [1.29, 1.82) is 0 Å². The molecule has 9 heteroatoms. The maximum atomic E-state index is 13.3. The molecule has 332 valence electrons. The molecule has 0 aliphatic carbocycles. The summed E-state index contributed by atoms with van der Waals surface area (Å²) in [4.78, 5) is 52.9. The van der Waals surface area contributed by atoms with E-state index in [1.54, 1.807) is 0 Å². The molecule has 1 unspecified atom stereocenters. The molecule has 0 saturated heterocycles. The van der Waals surface area contributed by atoms with Crippen molar-refractivity contribution < 1.29 is 33.4 Å². The van der Waals surface area contributed by atoms with Crippen LogP contribution in [0.25, 0.3) is 0 Å². The standard InChI is InChI=1S/C48H88N2O7/c1-4-7-10-13-15-16-17-18-19-22-27-33-45(51)49(38-41-56-43-42-55-39-30-37-50-46(52)34-35-47(50)53)36-28-23-24-29-40-57-48(54)44(31-25-20-12-9-6-3)32-26-21-14-11-8-5-2/h34-35,44H,4-33,36-43H2,1-3H3. The van der Waals surface area contributed by atoms with Crippen molar-refractivity contribution in [2.24, 2.45) is 5.92 Å². The number of esters is 1. The summed E-state index contributed by atoms with van der Waals surface area (Å²) < 4.78 is 17.3. The number of carbonyl (C=O) groups is 4. The molecule has 1 aliphatic heterocycles. The Balaban J connectivity index is 2.38. The normalized spacial score (nSPS) is 13.2. The number of carbonyl (C=O) groups excluding carboxylic acids is 4. The number of nitrogens with zero attached hydrogens (tertiary/aromatic N) is 2. The molecule has 0 bridgehead atoms. The van der Waals surface area contributed by atoms with Crippen LogP contribution in [0.15, 0.2) is 12.2 Å². The highest BCUT2D eigenvalue weighted by Crippen LogP contribution is 2.21. The summed E-state index contributed by atoms with van der Waals surface area (Å²) in [6.07, 6.45) is 36.9. The summed E-state index contributed by atoms with van der Waals surface area (Å²) in [6.45, 7) is 10.6. The second-order valence-electron chi connectivity index (χ2n) is 16.4. The summed E-state index contributed by atoms with van der Waals surface area (Å²) in [5.41, 5.74) is 0. The van der Waals surface area contributed by atoms with Crippen LogP contribution < -0.4 is 0 Å². The van der Waals surface area contributed by atoms with Crippen LogP contribution in [0.4, 0.5) is 0 Å². The Morgan fingerprint density at radius 3 is 1.51 bits per heavy atom. The lowest BCUT2D eigenvalue weighted by molar-refractivity contribution is -0.149. The smallest absolute Gasteiger partial charge is 0.308 e. The highest BCUT2D eigenvalue weighted by molar-refractivity contribution is 6.12. The van der Waals surface area contributed by atoms with Crippen molar-refractivity contribution >= 4 is 23.7 Å². The molecule has 3 amide bonds. The van der Waals surface area contributed by atoms with E-state index in [1.165, 1.54) is 133 Å². The van der Waals surface area contributed by atoms with Gasteiger partial charge in [0.1, 0.15) is 0 Å². The Hall–Kier alpha value is -2.26. The fraction of sp³-hybridized carbons (Fsp3) is 0.875. The molecule has 9 nitrogen and oxygen atoms in total. The van der Waals surface area contributed by atoms with E-state index >= 15 is 0 Å². The van der Waals surface area contributed by atoms with Gasteiger partial charge >= 0.3 is 5.97 Å². The molecular weight excluding hydrogens is 717 g/mol. The third-order valence-corrected chi connectivity index (χ3v) is 11.3. The molecule has 1 aliphatic rings. The van der Waals surface area contributed by atoms with Gasteiger partial charge in [0.25, 0.3) is 11.8 Å². The van der Waals surface area contributed by atoms with Gasteiger partial charge in [-0.2, -0.15) is 0 Å². The molecule has 0 N–H and O–H groups in total. The van der Waals surface area contributed by atoms with Gasteiger partial charge < -0.3 is 19.1 Å². The minimum Gasteiger partial charge on any atom is -0.465 e. The molecular formula is C48H88N2O7. The Bertz CT molecular complexity index is 1000. The first-order valence-corrected chi connectivity index (χ1v) is 24.1. The van der Waals surface area contributed by atoms with E-state index in [0.29, 0.717) is 59.0 Å². The molecule has 57 heavy (non-hydrogen) atoms. The van der Waals surface area contributed by atoms with Crippen LogP contribution in [0, 0.1) is 5.92 Å². The van der Waals surface area contributed by atoms with E-state index in [2.05, 4.69) is 20.8 Å². The zero-order chi connectivity index (χ0) is 41.4. The SMILES string of the molecule is CCCCCCCCCCCCCC(=O)N(CCCCCCOC(=O)C(CCCCCCC)CCCCCCCC)CCOCCOCCCN1C(=O)C=CC1=O. The molecule has 0 fully saturated rings. The molecule has 0 radical (unpaired) electrons. The summed E-state index contributed by atoms with van der Waals surface area (Å²) in [5.74, 6) is -0.263. The lowest BCUT2D eigenvalue weighted by atomic mass is 9.94. The fourth-order valence-electron chi connectivity index (χ4n) is 7.53. The second kappa shape index (κ2) is 39.2. The third kappa shape index (κ3) is 30.4. The Morgan fingerprint density at radius 2 is 0.965 bits per heavy atom. The minimum atomic E-state index is -0.266. The van der Waals surface area contributed by atoms with E-state index in [-0.39, 0.29) is 29.6 Å². The quantitative estimate of drug-likeness (QED) is 0.0343. The van der Waals surface area contributed by atoms with Crippen LogP contribution >= 0.6 is 0 Å². The van der Waals surface area contributed by atoms with E-state index in [4.69, 9.17) is 14.2 Å². The maximum Gasteiger partial charge on any atom is 0.308 e. The summed E-state index contributed by atoms with van der Waals surface area (Å²) in [7, 11) is 0. The van der Waals surface area contributed by atoms with Crippen molar-refractivity contribution in [2.45, 2.75) is 213 Å². The van der Waals surface area contributed by atoms with E-state index in [0.717, 1.165) is 70.8 Å². The zero-order valence-corrected chi connectivity index (χ0v) is 37.4. The number of hydrogen-bond acceptors (Lipinski definition) is 7. The van der Waals surface area contributed by atoms with Gasteiger partial charge in [-0.3, -0.25) is 24.1 Å². The number of hydrogen-bond donors (Lipinski definition) is 0. The minimum absolute atomic E-state index is 0.0104. The van der Waals surface area contributed by atoms with Crippen LogP contribution in [0.3, 0.4) is 0 Å². The van der Waals surface area contributed by atoms with Crippen LogP contribution in [0.2, 0.25) is 0 Å². The monoisotopic (exact) mass is 805 g/mol. The lowest BCUT2D eigenvalue weighted by Crippen LogP contribution is -2.35. The van der Waals surface area contributed by atoms with Gasteiger partial charge in [0.05, 0.1) is 32.3 Å². The van der Waals surface area contributed by atoms with Gasteiger partial charge in [0.2, 0.25) is 5.91 Å². The highest BCUT2D eigenvalue weighted by atomic mass is 16.5. The maximum absolute atomic E-state index is 13.3. The van der Waals surface area contributed by atoms with Gasteiger partial charge in [-0.05, 0) is 44.9 Å². The van der Waals surface area contributed by atoms with E-state index < -0.39 is 0 Å². The van der Waals surface area contributed by atoms with Crippen molar-refractivity contribution in [1.82, 2.24) is 9.80 Å². The molecule has 1 heterocycles. The average Bonchev–Trinajstić information content (AvgIpc) is 3.53. The number of ether oxygens (including phenoxy) is 3. The molecule has 0 aromatic heterocycles. The molecule has 0 saturated carbocycles. The lowest BCUT2D eigenvalue weighted by Gasteiger charge is -2.23. The summed E-state index contributed by atoms with van der Waals surface area (Å²) >= 11 is 0. The van der Waals surface area contributed by atoms with Crippen molar-refractivity contribution in [3.8, 4) is 0 Å². The van der Waals surface area contributed by atoms with Gasteiger partial charge in [-0.15, -0.1) is 0 Å². The first-order chi connectivity index (χ1) is 27.9. The molecule has 0 aromatic rings. The van der Waals surface area contributed by atoms with Crippen LogP contribution in [-0.2, 0) is 33.4 Å². The second-order valence-corrected chi connectivity index (χ2v) is 16.4. The average molecular weight is 805 g/mol. The predicted molar refractivity (Wildman–Crippen MR) is 234 cm³/mol. The molecule has 0 aromatic carbocycles. The Morgan fingerprint density at radius 1 is 0.509 bits per heavy atom.